The molecule has 1 spiro atoms. The van der Waals surface area contributed by atoms with E-state index in [0.717, 1.165) is 32.3 Å². The third-order valence-corrected chi connectivity index (χ3v) is 5.78. The first kappa shape index (κ1) is 15.6. The molecule has 3 aliphatic rings. The first-order valence-corrected chi connectivity index (χ1v) is 8.43. The highest BCUT2D eigenvalue weighted by molar-refractivity contribution is 4.95. The average molecular weight is 305 g/mol. The lowest BCUT2D eigenvalue weighted by Crippen LogP contribution is -2.51. The summed E-state index contributed by atoms with van der Waals surface area (Å²) in [7, 11) is 0. The van der Waals surface area contributed by atoms with Crippen LogP contribution < -0.4 is 5.32 Å². The van der Waals surface area contributed by atoms with Crippen LogP contribution in [0.25, 0.3) is 0 Å². The quantitative estimate of drug-likeness (QED) is 0.789. The molecule has 122 valence electrons. The van der Waals surface area contributed by atoms with E-state index in [4.69, 9.17) is 4.74 Å². The van der Waals surface area contributed by atoms with Crippen molar-refractivity contribution < 1.29 is 17.9 Å². The smallest absolute Gasteiger partial charge is 0.375 e. The fourth-order valence-corrected chi connectivity index (χ4v) is 4.51. The monoisotopic (exact) mass is 305 g/mol. The Balaban J connectivity index is 1.55. The minimum absolute atomic E-state index is 0.0454. The average Bonchev–Trinajstić information content (AvgIpc) is 2.47. The summed E-state index contributed by atoms with van der Waals surface area (Å²) in [5.74, 6) is -0.664. The van der Waals surface area contributed by atoms with Crippen molar-refractivity contribution in [2.45, 2.75) is 75.6 Å². The van der Waals surface area contributed by atoms with Crippen molar-refractivity contribution in [3.05, 3.63) is 0 Å². The highest BCUT2D eigenvalue weighted by Gasteiger charge is 2.45. The van der Waals surface area contributed by atoms with Gasteiger partial charge >= 0.3 is 6.18 Å². The Hall–Kier alpha value is -0.290. The summed E-state index contributed by atoms with van der Waals surface area (Å²) in [6, 6.07) is 0.256. The molecule has 2 heterocycles. The molecular formula is C16H26F3NO. The Kier molecular flexibility index (Phi) is 4.51. The van der Waals surface area contributed by atoms with Gasteiger partial charge in [0.25, 0.3) is 0 Å². The number of hydrogen-bond acceptors (Lipinski definition) is 2. The molecule has 0 bridgehead atoms. The number of alkyl halides is 3. The van der Waals surface area contributed by atoms with Gasteiger partial charge in [0.15, 0.2) is 0 Å². The molecule has 21 heavy (non-hydrogen) atoms. The Morgan fingerprint density at radius 1 is 1.00 bits per heavy atom. The van der Waals surface area contributed by atoms with Crippen molar-refractivity contribution in [3.63, 3.8) is 0 Å². The molecule has 0 amide bonds. The Bertz CT molecular complexity index is 338. The van der Waals surface area contributed by atoms with Gasteiger partial charge in [-0.05, 0) is 44.4 Å². The zero-order valence-electron chi connectivity index (χ0n) is 12.6. The number of hydrogen-bond donors (Lipinski definition) is 1. The number of nitrogens with one attached hydrogen (secondary N) is 1. The van der Waals surface area contributed by atoms with Crippen LogP contribution in [-0.4, -0.2) is 31.0 Å². The van der Waals surface area contributed by atoms with Crippen LogP contribution in [0.2, 0.25) is 0 Å². The molecule has 0 aromatic heterocycles. The first-order valence-electron chi connectivity index (χ1n) is 8.43. The number of ether oxygens (including phenoxy) is 1. The van der Waals surface area contributed by atoms with Crippen molar-refractivity contribution in [1.82, 2.24) is 5.32 Å². The van der Waals surface area contributed by atoms with Crippen LogP contribution in [0.4, 0.5) is 13.2 Å². The predicted molar refractivity (Wildman–Crippen MR) is 75.1 cm³/mol. The van der Waals surface area contributed by atoms with Crippen LogP contribution in [0.15, 0.2) is 0 Å². The zero-order chi connectivity index (χ0) is 14.9. The van der Waals surface area contributed by atoms with E-state index in [9.17, 15) is 13.2 Å². The van der Waals surface area contributed by atoms with E-state index in [1.54, 1.807) is 0 Å². The van der Waals surface area contributed by atoms with Gasteiger partial charge in [0, 0.05) is 19.2 Å². The van der Waals surface area contributed by atoms with Gasteiger partial charge in [-0.3, -0.25) is 0 Å². The van der Waals surface area contributed by atoms with Crippen LogP contribution in [0.3, 0.4) is 0 Å². The lowest BCUT2D eigenvalue weighted by Gasteiger charge is -2.47. The Morgan fingerprint density at radius 3 is 2.38 bits per heavy atom. The van der Waals surface area contributed by atoms with Crippen LogP contribution in [-0.2, 0) is 4.74 Å². The van der Waals surface area contributed by atoms with Crippen molar-refractivity contribution in [3.8, 4) is 0 Å². The van der Waals surface area contributed by atoms with Crippen molar-refractivity contribution in [2.24, 2.45) is 11.8 Å². The number of halogens is 3. The van der Waals surface area contributed by atoms with Gasteiger partial charge in [0.1, 0.15) is 0 Å². The molecule has 0 radical (unpaired) electrons. The molecule has 2 nitrogen and oxygen atoms in total. The van der Waals surface area contributed by atoms with Crippen LogP contribution in [0, 0.1) is 11.8 Å². The van der Waals surface area contributed by atoms with E-state index in [1.807, 2.05) is 0 Å². The van der Waals surface area contributed by atoms with Gasteiger partial charge in [-0.15, -0.1) is 0 Å². The summed E-state index contributed by atoms with van der Waals surface area (Å²) in [5, 5.41) is 3.19. The molecule has 2 saturated heterocycles. The summed E-state index contributed by atoms with van der Waals surface area (Å²) < 4.78 is 44.3. The summed E-state index contributed by atoms with van der Waals surface area (Å²) in [6.07, 6.45) is 4.99. The minimum atomic E-state index is -4.04. The van der Waals surface area contributed by atoms with E-state index < -0.39 is 12.1 Å². The molecular weight excluding hydrogens is 279 g/mol. The molecule has 0 aromatic rings. The lowest BCUT2D eigenvalue weighted by molar-refractivity contribution is -0.182. The van der Waals surface area contributed by atoms with Gasteiger partial charge in [0.2, 0.25) is 0 Å². The molecule has 5 heteroatoms. The predicted octanol–water partition coefficient (Wildman–Crippen LogP) is 4.05. The van der Waals surface area contributed by atoms with Gasteiger partial charge in [-0.1, -0.05) is 19.3 Å². The van der Waals surface area contributed by atoms with Crippen LogP contribution in [0.5, 0.6) is 0 Å². The molecule has 3 unspecified atom stereocenters. The van der Waals surface area contributed by atoms with Crippen molar-refractivity contribution in [1.29, 1.82) is 0 Å². The maximum atomic E-state index is 12.7. The second-order valence-corrected chi connectivity index (χ2v) is 7.18. The summed E-state index contributed by atoms with van der Waals surface area (Å²) in [6.45, 7) is 0.879. The van der Waals surface area contributed by atoms with E-state index in [0.29, 0.717) is 12.3 Å². The first-order chi connectivity index (χ1) is 9.99. The second-order valence-electron chi connectivity index (χ2n) is 7.18. The maximum Gasteiger partial charge on any atom is 0.393 e. The van der Waals surface area contributed by atoms with E-state index >= 15 is 0 Å². The van der Waals surface area contributed by atoms with Gasteiger partial charge in [-0.25, -0.2) is 0 Å². The normalized spacial score (nSPS) is 37.6. The maximum absolute atomic E-state index is 12.7. The minimum Gasteiger partial charge on any atom is -0.375 e. The number of piperidine rings is 1. The van der Waals surface area contributed by atoms with Crippen LogP contribution >= 0.6 is 0 Å². The molecule has 0 aromatic carbocycles. The third-order valence-electron chi connectivity index (χ3n) is 5.78. The summed E-state index contributed by atoms with van der Waals surface area (Å²) in [5.41, 5.74) is 0.0454. The van der Waals surface area contributed by atoms with Gasteiger partial charge in [-0.2, -0.15) is 13.2 Å². The Labute approximate surface area is 124 Å². The third kappa shape index (κ3) is 3.55. The molecule has 3 fully saturated rings. The van der Waals surface area contributed by atoms with Crippen molar-refractivity contribution in [2.75, 3.05) is 13.2 Å². The Morgan fingerprint density at radius 2 is 1.76 bits per heavy atom. The fraction of sp³-hybridized carbons (Fsp3) is 1.00. The highest BCUT2D eigenvalue weighted by atomic mass is 19.4. The topological polar surface area (TPSA) is 21.3 Å². The summed E-state index contributed by atoms with van der Waals surface area (Å²) >= 11 is 0. The molecule has 1 aliphatic carbocycles. The molecule has 3 rings (SSSR count). The van der Waals surface area contributed by atoms with Crippen molar-refractivity contribution >= 4 is 0 Å². The summed E-state index contributed by atoms with van der Waals surface area (Å²) in [4.78, 5) is 0. The van der Waals surface area contributed by atoms with Crippen LogP contribution in [0.1, 0.15) is 57.8 Å². The SMILES string of the molecule is FC(F)(F)C1CCC(C2CCOC3(CCCCC3)C2)NC1. The number of rotatable bonds is 1. The van der Waals surface area contributed by atoms with Gasteiger partial charge in [0.05, 0.1) is 11.5 Å². The largest absolute Gasteiger partial charge is 0.393 e. The molecule has 2 aliphatic heterocycles. The molecule has 1 N–H and O–H groups in total. The van der Waals surface area contributed by atoms with E-state index in [1.165, 1.54) is 19.3 Å². The fourth-order valence-electron chi connectivity index (χ4n) is 4.51. The second kappa shape index (κ2) is 6.07. The standard InChI is InChI=1S/C16H26F3NO/c17-16(18,19)13-4-5-14(20-11-13)12-6-9-21-15(10-12)7-2-1-3-8-15/h12-14,20H,1-11H2. The zero-order valence-corrected chi connectivity index (χ0v) is 12.6. The van der Waals surface area contributed by atoms with Gasteiger partial charge < -0.3 is 10.1 Å². The molecule has 1 saturated carbocycles. The highest BCUT2D eigenvalue weighted by Crippen LogP contribution is 2.43. The lowest BCUT2D eigenvalue weighted by atomic mass is 9.72. The van der Waals surface area contributed by atoms with E-state index in [-0.39, 0.29) is 24.6 Å². The van der Waals surface area contributed by atoms with E-state index in [2.05, 4.69) is 5.32 Å². The molecule has 3 atom stereocenters.